The molecule has 0 radical (unpaired) electrons. The minimum absolute atomic E-state index is 0.402. The van der Waals surface area contributed by atoms with Crippen LogP contribution in [0.4, 0.5) is 5.69 Å². The van der Waals surface area contributed by atoms with Gasteiger partial charge >= 0.3 is 0 Å². The van der Waals surface area contributed by atoms with Crippen LogP contribution in [0.15, 0.2) is 41.5 Å². The molecule has 2 rings (SSSR count). The number of hydrazone groups is 1. The van der Waals surface area contributed by atoms with Crippen LogP contribution in [0.2, 0.25) is 15.1 Å². The molecular weight excluding hydrogens is 319 g/mol. The highest BCUT2D eigenvalue weighted by molar-refractivity contribution is 6.41. The molecule has 2 aromatic carbocycles. The van der Waals surface area contributed by atoms with Gasteiger partial charge in [0, 0.05) is 10.6 Å². The molecule has 0 amide bonds. The average molecular weight is 330 g/mol. The number of rotatable bonds is 4. The van der Waals surface area contributed by atoms with Crippen molar-refractivity contribution >= 4 is 46.7 Å². The molecule has 3 nitrogen and oxygen atoms in total. The number of hydrogen-bond acceptors (Lipinski definition) is 3. The van der Waals surface area contributed by atoms with Crippen molar-refractivity contribution in [2.75, 3.05) is 12.5 Å². The van der Waals surface area contributed by atoms with Gasteiger partial charge in [0.25, 0.3) is 0 Å². The highest BCUT2D eigenvalue weighted by Crippen LogP contribution is 2.33. The van der Waals surface area contributed by atoms with E-state index in [0.717, 1.165) is 11.3 Å². The second-order valence-electron chi connectivity index (χ2n) is 3.86. The van der Waals surface area contributed by atoms with Gasteiger partial charge in [-0.15, -0.1) is 0 Å². The Hall–Kier alpha value is -1.42. The molecule has 0 unspecified atom stereocenters. The molecule has 0 heterocycles. The zero-order valence-corrected chi connectivity index (χ0v) is 12.8. The molecule has 0 fully saturated rings. The number of ether oxygens (including phenoxy) is 1. The van der Waals surface area contributed by atoms with Crippen molar-refractivity contribution in [2.24, 2.45) is 5.10 Å². The summed E-state index contributed by atoms with van der Waals surface area (Å²) in [6.45, 7) is 0. The molecule has 0 aliphatic rings. The number of halogens is 3. The molecule has 6 heteroatoms. The number of para-hydroxylation sites is 1. The zero-order chi connectivity index (χ0) is 14.5. The molecule has 0 spiro atoms. The first-order valence-corrected chi connectivity index (χ1v) is 6.82. The highest BCUT2D eigenvalue weighted by atomic mass is 35.5. The van der Waals surface area contributed by atoms with Crippen LogP contribution in [0.25, 0.3) is 0 Å². The van der Waals surface area contributed by atoms with Crippen molar-refractivity contribution in [3.05, 3.63) is 57.0 Å². The lowest BCUT2D eigenvalue weighted by Crippen LogP contribution is -1.95. The van der Waals surface area contributed by atoms with Gasteiger partial charge in [-0.25, -0.2) is 0 Å². The predicted octanol–water partition coefficient (Wildman–Crippen LogP) is 5.10. The molecule has 0 saturated heterocycles. The van der Waals surface area contributed by atoms with E-state index in [-0.39, 0.29) is 0 Å². The van der Waals surface area contributed by atoms with E-state index in [0.29, 0.717) is 20.8 Å². The fourth-order valence-corrected chi connectivity index (χ4v) is 2.49. The fourth-order valence-electron chi connectivity index (χ4n) is 1.59. The van der Waals surface area contributed by atoms with Crippen molar-refractivity contribution in [3.8, 4) is 5.75 Å². The van der Waals surface area contributed by atoms with Crippen LogP contribution in [-0.2, 0) is 0 Å². The van der Waals surface area contributed by atoms with E-state index in [1.165, 1.54) is 0 Å². The van der Waals surface area contributed by atoms with E-state index in [1.807, 2.05) is 24.3 Å². The maximum atomic E-state index is 6.05. The van der Waals surface area contributed by atoms with Gasteiger partial charge in [0.2, 0.25) is 0 Å². The topological polar surface area (TPSA) is 33.6 Å². The quantitative estimate of drug-likeness (QED) is 0.625. The van der Waals surface area contributed by atoms with Gasteiger partial charge in [-0.3, -0.25) is 5.43 Å². The van der Waals surface area contributed by atoms with E-state index in [9.17, 15) is 0 Å². The van der Waals surface area contributed by atoms with Crippen molar-refractivity contribution < 1.29 is 4.74 Å². The van der Waals surface area contributed by atoms with Gasteiger partial charge in [0.05, 0.1) is 29.1 Å². The van der Waals surface area contributed by atoms with E-state index in [1.54, 1.807) is 25.5 Å². The normalized spacial score (nSPS) is 10.8. The summed E-state index contributed by atoms with van der Waals surface area (Å²) in [6, 6.07) is 10.7. The Bertz CT molecular complexity index is 621. The smallest absolute Gasteiger partial charge is 0.127 e. The van der Waals surface area contributed by atoms with E-state index < -0.39 is 0 Å². The summed E-state index contributed by atoms with van der Waals surface area (Å²) in [5.74, 6) is 0.728. The molecule has 0 saturated carbocycles. The van der Waals surface area contributed by atoms with Gasteiger partial charge in [-0.1, -0.05) is 46.9 Å². The van der Waals surface area contributed by atoms with Gasteiger partial charge in [0.1, 0.15) is 5.75 Å². The number of benzene rings is 2. The Kier molecular flexibility index (Phi) is 5.12. The minimum atomic E-state index is 0.402. The van der Waals surface area contributed by atoms with E-state index >= 15 is 0 Å². The first-order valence-electron chi connectivity index (χ1n) is 5.68. The number of methoxy groups -OCH3 is 1. The fraction of sp³-hybridized carbons (Fsp3) is 0.0714. The van der Waals surface area contributed by atoms with Gasteiger partial charge < -0.3 is 4.74 Å². The predicted molar refractivity (Wildman–Crippen MR) is 85.7 cm³/mol. The molecule has 0 bridgehead atoms. The summed E-state index contributed by atoms with van der Waals surface area (Å²) < 4.78 is 5.22. The maximum absolute atomic E-state index is 6.05. The molecule has 0 atom stereocenters. The summed E-state index contributed by atoms with van der Waals surface area (Å²) in [5.41, 5.74) is 4.14. The van der Waals surface area contributed by atoms with Crippen molar-refractivity contribution in [3.63, 3.8) is 0 Å². The Morgan fingerprint density at radius 2 is 1.75 bits per heavy atom. The SMILES string of the molecule is COc1ccccc1C=NNc1c(Cl)cc(Cl)cc1Cl. The summed E-state index contributed by atoms with van der Waals surface area (Å²) in [5, 5.41) is 5.38. The zero-order valence-electron chi connectivity index (χ0n) is 10.5. The first kappa shape index (κ1) is 15.0. The number of hydrogen-bond donors (Lipinski definition) is 1. The summed E-state index contributed by atoms with van der Waals surface area (Å²) >= 11 is 17.9. The van der Waals surface area contributed by atoms with Gasteiger partial charge in [-0.05, 0) is 24.3 Å². The molecule has 20 heavy (non-hydrogen) atoms. The number of anilines is 1. The van der Waals surface area contributed by atoms with Crippen molar-refractivity contribution in [1.82, 2.24) is 0 Å². The number of nitrogens with zero attached hydrogens (tertiary/aromatic N) is 1. The van der Waals surface area contributed by atoms with E-state index in [4.69, 9.17) is 39.5 Å². The van der Waals surface area contributed by atoms with Crippen LogP contribution in [0.1, 0.15) is 5.56 Å². The molecule has 104 valence electrons. The lowest BCUT2D eigenvalue weighted by atomic mass is 10.2. The first-order chi connectivity index (χ1) is 9.61. The molecule has 0 aromatic heterocycles. The molecule has 1 N–H and O–H groups in total. The summed E-state index contributed by atoms with van der Waals surface area (Å²) in [7, 11) is 1.60. The second kappa shape index (κ2) is 6.84. The molecule has 0 aliphatic carbocycles. The molecule has 2 aromatic rings. The Balaban J connectivity index is 2.18. The largest absolute Gasteiger partial charge is 0.496 e. The van der Waals surface area contributed by atoms with Crippen LogP contribution < -0.4 is 10.2 Å². The summed E-state index contributed by atoms with van der Waals surface area (Å²) in [4.78, 5) is 0. The maximum Gasteiger partial charge on any atom is 0.127 e. The van der Waals surface area contributed by atoms with Crippen LogP contribution in [-0.4, -0.2) is 13.3 Å². The van der Waals surface area contributed by atoms with E-state index in [2.05, 4.69) is 10.5 Å². The third-order valence-electron chi connectivity index (χ3n) is 2.53. The summed E-state index contributed by atoms with van der Waals surface area (Å²) in [6.07, 6.45) is 1.63. The molecule has 0 aliphatic heterocycles. The highest BCUT2D eigenvalue weighted by Gasteiger charge is 2.06. The molecular formula is C14H11Cl3N2O. The Morgan fingerprint density at radius 3 is 2.40 bits per heavy atom. The van der Waals surface area contributed by atoms with Crippen LogP contribution >= 0.6 is 34.8 Å². The van der Waals surface area contributed by atoms with Gasteiger partial charge in [-0.2, -0.15) is 5.10 Å². The third kappa shape index (κ3) is 3.57. The Labute approximate surface area is 132 Å². The lowest BCUT2D eigenvalue weighted by Gasteiger charge is -2.07. The van der Waals surface area contributed by atoms with Crippen LogP contribution in [0.3, 0.4) is 0 Å². The van der Waals surface area contributed by atoms with Crippen molar-refractivity contribution in [1.29, 1.82) is 0 Å². The third-order valence-corrected chi connectivity index (χ3v) is 3.34. The van der Waals surface area contributed by atoms with Crippen LogP contribution in [0, 0.1) is 0 Å². The standard InChI is InChI=1S/C14H11Cl3N2O/c1-20-13-5-3-2-4-9(13)8-18-19-14-11(16)6-10(15)7-12(14)17/h2-8,19H,1H3. The van der Waals surface area contributed by atoms with Gasteiger partial charge in [0.15, 0.2) is 0 Å². The van der Waals surface area contributed by atoms with Crippen LogP contribution in [0.5, 0.6) is 5.75 Å². The second-order valence-corrected chi connectivity index (χ2v) is 5.11. The minimum Gasteiger partial charge on any atom is -0.496 e. The monoisotopic (exact) mass is 328 g/mol. The average Bonchev–Trinajstić information content (AvgIpc) is 2.42. The van der Waals surface area contributed by atoms with Crippen molar-refractivity contribution in [2.45, 2.75) is 0 Å². The number of nitrogens with one attached hydrogen (secondary N) is 1. The Morgan fingerprint density at radius 1 is 1.10 bits per heavy atom. The lowest BCUT2D eigenvalue weighted by molar-refractivity contribution is 0.414.